The lowest BCUT2D eigenvalue weighted by Crippen LogP contribution is -2.22. The van der Waals surface area contributed by atoms with Crippen molar-refractivity contribution >= 4 is 11.7 Å². The molecule has 0 radical (unpaired) electrons. The van der Waals surface area contributed by atoms with Gasteiger partial charge in [-0.2, -0.15) is 0 Å². The van der Waals surface area contributed by atoms with Crippen LogP contribution in [0.1, 0.15) is 19.4 Å². The first-order chi connectivity index (χ1) is 8.58. The number of carbonyl (C=O) groups excluding carboxylic acids is 1. The Balaban J connectivity index is 3.04. The van der Waals surface area contributed by atoms with Crippen LogP contribution in [-0.4, -0.2) is 32.0 Å². The fourth-order valence-electron chi connectivity index (χ4n) is 1.34. The standard InChI is InChI=1S/C13H17NO4/c1-9(2)18-13(15)12(14-17-4)10-6-5-7-11(8-10)16-3/h5-9H,1-4H3/b14-12-. The Morgan fingerprint density at radius 1 is 1.28 bits per heavy atom. The molecule has 0 saturated heterocycles. The molecule has 0 unspecified atom stereocenters. The molecule has 0 aliphatic rings. The van der Waals surface area contributed by atoms with E-state index >= 15 is 0 Å². The van der Waals surface area contributed by atoms with Crippen molar-refractivity contribution in [3.63, 3.8) is 0 Å². The van der Waals surface area contributed by atoms with Gasteiger partial charge in [0, 0.05) is 5.56 Å². The van der Waals surface area contributed by atoms with Gasteiger partial charge in [-0.25, -0.2) is 4.79 Å². The number of nitrogens with zero attached hydrogens (tertiary/aromatic N) is 1. The van der Waals surface area contributed by atoms with Crippen LogP contribution >= 0.6 is 0 Å². The van der Waals surface area contributed by atoms with Gasteiger partial charge in [-0.15, -0.1) is 0 Å². The summed E-state index contributed by atoms with van der Waals surface area (Å²) in [7, 11) is 2.93. The summed E-state index contributed by atoms with van der Waals surface area (Å²) in [4.78, 5) is 16.6. The number of oxime groups is 1. The SMILES string of the molecule is CO/N=C(\C(=O)OC(C)C)c1cccc(OC)c1. The van der Waals surface area contributed by atoms with Crippen LogP contribution in [0.25, 0.3) is 0 Å². The highest BCUT2D eigenvalue weighted by Crippen LogP contribution is 2.14. The van der Waals surface area contributed by atoms with Crippen molar-refractivity contribution in [2.75, 3.05) is 14.2 Å². The van der Waals surface area contributed by atoms with Gasteiger partial charge in [0.2, 0.25) is 0 Å². The van der Waals surface area contributed by atoms with E-state index in [0.29, 0.717) is 11.3 Å². The average Bonchev–Trinajstić information content (AvgIpc) is 2.35. The summed E-state index contributed by atoms with van der Waals surface area (Å²) in [5.41, 5.74) is 0.701. The molecule has 5 heteroatoms. The Bertz CT molecular complexity index is 440. The van der Waals surface area contributed by atoms with Gasteiger partial charge in [-0.1, -0.05) is 17.3 Å². The van der Waals surface area contributed by atoms with Crippen LogP contribution < -0.4 is 4.74 Å². The zero-order valence-corrected chi connectivity index (χ0v) is 11.0. The number of esters is 1. The van der Waals surface area contributed by atoms with E-state index < -0.39 is 5.97 Å². The van der Waals surface area contributed by atoms with Gasteiger partial charge in [0.1, 0.15) is 12.9 Å². The third-order valence-corrected chi connectivity index (χ3v) is 2.06. The molecule has 0 spiro atoms. The fraction of sp³-hybridized carbons (Fsp3) is 0.385. The molecule has 0 atom stereocenters. The summed E-state index contributed by atoms with van der Waals surface area (Å²) in [6.07, 6.45) is -0.217. The lowest BCUT2D eigenvalue weighted by Gasteiger charge is -2.10. The maximum absolute atomic E-state index is 11.9. The molecule has 0 N–H and O–H groups in total. The summed E-state index contributed by atoms with van der Waals surface area (Å²) in [5, 5.41) is 3.71. The first-order valence-corrected chi connectivity index (χ1v) is 5.55. The minimum atomic E-state index is -0.528. The third-order valence-electron chi connectivity index (χ3n) is 2.06. The summed E-state index contributed by atoms with van der Waals surface area (Å²) in [6.45, 7) is 3.54. The van der Waals surface area contributed by atoms with Crippen LogP contribution in [0.3, 0.4) is 0 Å². The highest BCUT2D eigenvalue weighted by Gasteiger charge is 2.18. The van der Waals surface area contributed by atoms with E-state index in [0.717, 1.165) is 0 Å². The van der Waals surface area contributed by atoms with Gasteiger partial charge in [-0.05, 0) is 26.0 Å². The minimum Gasteiger partial charge on any atom is -0.497 e. The lowest BCUT2D eigenvalue weighted by atomic mass is 10.1. The second-order valence-corrected chi connectivity index (χ2v) is 3.81. The van der Waals surface area contributed by atoms with Crippen molar-refractivity contribution in [3.05, 3.63) is 29.8 Å². The average molecular weight is 251 g/mol. The summed E-state index contributed by atoms with van der Waals surface area (Å²) in [5.74, 6) is 0.105. The first-order valence-electron chi connectivity index (χ1n) is 5.55. The largest absolute Gasteiger partial charge is 0.497 e. The number of rotatable bonds is 5. The number of methoxy groups -OCH3 is 1. The van der Waals surface area contributed by atoms with Gasteiger partial charge in [0.05, 0.1) is 13.2 Å². The highest BCUT2D eigenvalue weighted by atomic mass is 16.6. The van der Waals surface area contributed by atoms with E-state index in [4.69, 9.17) is 9.47 Å². The molecular weight excluding hydrogens is 234 g/mol. The number of hydrogen-bond acceptors (Lipinski definition) is 5. The molecule has 0 aliphatic carbocycles. The van der Waals surface area contributed by atoms with Crippen LogP contribution in [0.15, 0.2) is 29.4 Å². The van der Waals surface area contributed by atoms with Crippen molar-refractivity contribution in [1.29, 1.82) is 0 Å². The molecule has 0 heterocycles. The molecule has 0 amide bonds. The predicted octanol–water partition coefficient (Wildman–Crippen LogP) is 2.00. The molecule has 0 bridgehead atoms. The van der Waals surface area contributed by atoms with Crippen molar-refractivity contribution in [3.8, 4) is 5.75 Å². The molecule has 18 heavy (non-hydrogen) atoms. The van der Waals surface area contributed by atoms with Crippen molar-refractivity contribution in [2.24, 2.45) is 5.16 Å². The fourth-order valence-corrected chi connectivity index (χ4v) is 1.34. The molecular formula is C13H17NO4. The van der Waals surface area contributed by atoms with Gasteiger partial charge in [-0.3, -0.25) is 0 Å². The summed E-state index contributed by atoms with van der Waals surface area (Å²) >= 11 is 0. The second kappa shape index (κ2) is 6.64. The van der Waals surface area contributed by atoms with Crippen LogP contribution in [0, 0.1) is 0 Å². The lowest BCUT2D eigenvalue weighted by molar-refractivity contribution is -0.139. The molecule has 0 aromatic heterocycles. The Kier molecular flexibility index (Phi) is 5.17. The monoisotopic (exact) mass is 251 g/mol. The maximum atomic E-state index is 11.9. The second-order valence-electron chi connectivity index (χ2n) is 3.81. The molecule has 1 rings (SSSR count). The molecule has 0 saturated carbocycles. The Morgan fingerprint density at radius 2 is 2.00 bits per heavy atom. The van der Waals surface area contributed by atoms with Crippen molar-refractivity contribution in [1.82, 2.24) is 0 Å². The molecule has 1 aromatic carbocycles. The van der Waals surface area contributed by atoms with E-state index in [1.54, 1.807) is 45.2 Å². The summed E-state index contributed by atoms with van der Waals surface area (Å²) < 4.78 is 10.2. The predicted molar refractivity (Wildman–Crippen MR) is 67.8 cm³/mol. The number of hydrogen-bond donors (Lipinski definition) is 0. The topological polar surface area (TPSA) is 57.1 Å². The van der Waals surface area contributed by atoms with Gasteiger partial charge >= 0.3 is 5.97 Å². The van der Waals surface area contributed by atoms with E-state index in [9.17, 15) is 4.79 Å². The first kappa shape index (κ1) is 14.0. The number of ether oxygens (including phenoxy) is 2. The smallest absolute Gasteiger partial charge is 0.361 e. The third kappa shape index (κ3) is 3.76. The molecule has 98 valence electrons. The Morgan fingerprint density at radius 3 is 2.56 bits per heavy atom. The van der Waals surface area contributed by atoms with Crippen LogP contribution in [0.4, 0.5) is 0 Å². The van der Waals surface area contributed by atoms with E-state index in [2.05, 4.69) is 9.99 Å². The number of carbonyl (C=O) groups is 1. The normalized spacial score (nSPS) is 11.3. The van der Waals surface area contributed by atoms with E-state index in [-0.39, 0.29) is 11.8 Å². The van der Waals surface area contributed by atoms with Crippen LogP contribution in [-0.2, 0) is 14.4 Å². The highest BCUT2D eigenvalue weighted by molar-refractivity contribution is 6.43. The van der Waals surface area contributed by atoms with E-state index in [1.165, 1.54) is 7.11 Å². The minimum absolute atomic E-state index is 0.116. The van der Waals surface area contributed by atoms with Crippen molar-refractivity contribution < 1.29 is 19.1 Å². The summed E-state index contributed by atoms with van der Waals surface area (Å²) in [6, 6.07) is 6.98. The molecule has 1 aromatic rings. The molecule has 0 aliphatic heterocycles. The zero-order chi connectivity index (χ0) is 13.5. The molecule has 0 fully saturated rings. The van der Waals surface area contributed by atoms with E-state index in [1.807, 2.05) is 0 Å². The van der Waals surface area contributed by atoms with Gasteiger partial charge in [0.15, 0.2) is 5.71 Å². The number of benzene rings is 1. The Labute approximate surface area is 106 Å². The van der Waals surface area contributed by atoms with Crippen LogP contribution in [0.5, 0.6) is 5.75 Å². The Hall–Kier alpha value is -2.04. The van der Waals surface area contributed by atoms with Crippen LogP contribution in [0.2, 0.25) is 0 Å². The van der Waals surface area contributed by atoms with Gasteiger partial charge < -0.3 is 14.3 Å². The van der Waals surface area contributed by atoms with Crippen molar-refractivity contribution in [2.45, 2.75) is 20.0 Å². The molecule has 5 nitrogen and oxygen atoms in total. The van der Waals surface area contributed by atoms with Gasteiger partial charge in [0.25, 0.3) is 0 Å². The quantitative estimate of drug-likeness (QED) is 0.456. The maximum Gasteiger partial charge on any atom is 0.361 e. The zero-order valence-electron chi connectivity index (χ0n) is 11.0.